The van der Waals surface area contributed by atoms with Gasteiger partial charge in [0.25, 0.3) is 5.91 Å². The van der Waals surface area contributed by atoms with Gasteiger partial charge in [-0.1, -0.05) is 30.3 Å². The third-order valence-corrected chi connectivity index (χ3v) is 5.42. The molecule has 2 amide bonds. The standard InChI is InChI=1S/C24H24FN3O3/c25-20-10-8-17(9-11-20)13-21-14-27-24(31-21)19-7-4-12-28(16-19)22(29)15-26-23(30)18-5-2-1-3-6-18/h1-3,5-6,8-11,14,19H,4,7,12-13,15-16H2,(H,26,30)/t19-/m0/s1. The number of likely N-dealkylation sites (tertiary alicyclic amines) is 1. The summed E-state index contributed by atoms with van der Waals surface area (Å²) in [6.07, 6.45) is 3.96. The smallest absolute Gasteiger partial charge is 0.251 e. The lowest BCUT2D eigenvalue weighted by molar-refractivity contribution is -0.131. The molecule has 4 rings (SSSR count). The molecular weight excluding hydrogens is 397 g/mol. The Morgan fingerprint density at radius 1 is 1.13 bits per heavy atom. The molecule has 0 radical (unpaired) electrons. The molecule has 7 heteroatoms. The summed E-state index contributed by atoms with van der Waals surface area (Å²) in [5.74, 6) is 0.689. The van der Waals surface area contributed by atoms with E-state index in [4.69, 9.17) is 4.42 Å². The molecule has 2 heterocycles. The molecular formula is C24H24FN3O3. The fraction of sp³-hybridized carbons (Fsp3) is 0.292. The van der Waals surface area contributed by atoms with Gasteiger partial charge in [0.15, 0.2) is 5.89 Å². The number of carbonyl (C=O) groups is 2. The summed E-state index contributed by atoms with van der Waals surface area (Å²) >= 11 is 0. The second-order valence-corrected chi connectivity index (χ2v) is 7.70. The second-order valence-electron chi connectivity index (χ2n) is 7.70. The Hall–Kier alpha value is -3.48. The minimum absolute atomic E-state index is 0.0180. The van der Waals surface area contributed by atoms with E-state index >= 15 is 0 Å². The number of benzene rings is 2. The number of halogens is 1. The Balaban J connectivity index is 1.32. The number of aromatic nitrogens is 1. The number of hydrogen-bond donors (Lipinski definition) is 1. The zero-order valence-corrected chi connectivity index (χ0v) is 17.1. The van der Waals surface area contributed by atoms with E-state index in [0.717, 1.165) is 18.4 Å². The van der Waals surface area contributed by atoms with Crippen molar-refractivity contribution in [1.29, 1.82) is 0 Å². The minimum Gasteiger partial charge on any atom is -0.445 e. The van der Waals surface area contributed by atoms with Crippen LogP contribution in [-0.4, -0.2) is 41.3 Å². The average molecular weight is 421 g/mol. The van der Waals surface area contributed by atoms with Crippen molar-refractivity contribution in [2.45, 2.75) is 25.2 Å². The molecule has 0 bridgehead atoms. The molecule has 3 aromatic rings. The number of amides is 2. The SMILES string of the molecule is O=C(NCC(=O)N1CCC[C@H](c2ncc(Cc3ccc(F)cc3)o2)C1)c1ccccc1. The van der Waals surface area contributed by atoms with E-state index in [2.05, 4.69) is 10.3 Å². The lowest BCUT2D eigenvalue weighted by atomic mass is 9.98. The van der Waals surface area contributed by atoms with Crippen LogP contribution in [-0.2, 0) is 11.2 Å². The largest absolute Gasteiger partial charge is 0.445 e. The molecule has 1 atom stereocenters. The zero-order valence-electron chi connectivity index (χ0n) is 17.1. The number of oxazole rings is 1. The molecule has 2 aromatic carbocycles. The second kappa shape index (κ2) is 9.55. The van der Waals surface area contributed by atoms with Gasteiger partial charge in [-0.2, -0.15) is 0 Å². The van der Waals surface area contributed by atoms with E-state index in [-0.39, 0.29) is 30.1 Å². The van der Waals surface area contributed by atoms with Gasteiger partial charge in [0.05, 0.1) is 18.7 Å². The predicted octanol–water partition coefficient (Wildman–Crippen LogP) is 3.54. The zero-order chi connectivity index (χ0) is 21.6. The highest BCUT2D eigenvalue weighted by molar-refractivity contribution is 5.96. The summed E-state index contributed by atoms with van der Waals surface area (Å²) in [7, 11) is 0. The average Bonchev–Trinajstić information content (AvgIpc) is 3.28. The lowest BCUT2D eigenvalue weighted by Crippen LogP contribution is -2.44. The van der Waals surface area contributed by atoms with Gasteiger partial charge in [-0.25, -0.2) is 9.37 Å². The van der Waals surface area contributed by atoms with Gasteiger partial charge in [0.2, 0.25) is 5.91 Å². The van der Waals surface area contributed by atoms with E-state index < -0.39 is 0 Å². The molecule has 31 heavy (non-hydrogen) atoms. The predicted molar refractivity (Wildman–Crippen MR) is 113 cm³/mol. The first-order valence-corrected chi connectivity index (χ1v) is 10.4. The third kappa shape index (κ3) is 5.36. The van der Waals surface area contributed by atoms with Gasteiger partial charge < -0.3 is 14.6 Å². The molecule has 0 aliphatic carbocycles. The molecule has 0 saturated carbocycles. The summed E-state index contributed by atoms with van der Waals surface area (Å²) in [4.78, 5) is 30.9. The van der Waals surface area contributed by atoms with Crippen LogP contribution in [0.2, 0.25) is 0 Å². The van der Waals surface area contributed by atoms with Crippen molar-refractivity contribution in [3.63, 3.8) is 0 Å². The van der Waals surface area contributed by atoms with E-state index in [9.17, 15) is 14.0 Å². The van der Waals surface area contributed by atoms with E-state index in [1.54, 1.807) is 47.5 Å². The molecule has 6 nitrogen and oxygen atoms in total. The summed E-state index contributed by atoms with van der Waals surface area (Å²) < 4.78 is 19.0. The summed E-state index contributed by atoms with van der Waals surface area (Å²) in [5.41, 5.74) is 1.47. The minimum atomic E-state index is -0.270. The Kier molecular flexibility index (Phi) is 6.40. The van der Waals surface area contributed by atoms with Crippen LogP contribution in [0.15, 0.2) is 65.2 Å². The molecule has 0 unspecified atom stereocenters. The van der Waals surface area contributed by atoms with Crippen molar-refractivity contribution in [2.24, 2.45) is 0 Å². The number of nitrogens with zero attached hydrogens (tertiary/aromatic N) is 2. The fourth-order valence-corrected chi connectivity index (χ4v) is 3.76. The highest BCUT2D eigenvalue weighted by atomic mass is 19.1. The van der Waals surface area contributed by atoms with Crippen LogP contribution in [0.25, 0.3) is 0 Å². The molecule has 1 aromatic heterocycles. The molecule has 1 saturated heterocycles. The Morgan fingerprint density at radius 3 is 2.68 bits per heavy atom. The van der Waals surface area contributed by atoms with Crippen LogP contribution in [0, 0.1) is 5.82 Å². The Bertz CT molecular complexity index is 1030. The van der Waals surface area contributed by atoms with Gasteiger partial charge >= 0.3 is 0 Å². The van der Waals surface area contributed by atoms with Crippen LogP contribution in [0.5, 0.6) is 0 Å². The number of hydrogen-bond acceptors (Lipinski definition) is 4. The van der Waals surface area contributed by atoms with Crippen molar-refractivity contribution < 1.29 is 18.4 Å². The normalized spacial score (nSPS) is 16.2. The molecule has 0 spiro atoms. The molecule has 160 valence electrons. The van der Waals surface area contributed by atoms with E-state index in [0.29, 0.717) is 36.7 Å². The van der Waals surface area contributed by atoms with Crippen LogP contribution < -0.4 is 5.32 Å². The highest BCUT2D eigenvalue weighted by Gasteiger charge is 2.28. The van der Waals surface area contributed by atoms with E-state index in [1.807, 2.05) is 6.07 Å². The van der Waals surface area contributed by atoms with Gasteiger partial charge in [-0.05, 0) is 42.7 Å². The van der Waals surface area contributed by atoms with Crippen molar-refractivity contribution in [3.8, 4) is 0 Å². The fourth-order valence-electron chi connectivity index (χ4n) is 3.76. The maximum atomic E-state index is 13.1. The van der Waals surface area contributed by atoms with Crippen molar-refractivity contribution in [2.75, 3.05) is 19.6 Å². The van der Waals surface area contributed by atoms with Crippen LogP contribution in [0.1, 0.15) is 46.3 Å². The maximum Gasteiger partial charge on any atom is 0.251 e. The van der Waals surface area contributed by atoms with Gasteiger partial charge in [-0.15, -0.1) is 0 Å². The molecule has 1 aliphatic rings. The highest BCUT2D eigenvalue weighted by Crippen LogP contribution is 2.27. The first-order valence-electron chi connectivity index (χ1n) is 10.4. The summed E-state index contributed by atoms with van der Waals surface area (Å²) in [5, 5.41) is 2.69. The topological polar surface area (TPSA) is 75.4 Å². The van der Waals surface area contributed by atoms with Gasteiger partial charge in [0.1, 0.15) is 11.6 Å². The monoisotopic (exact) mass is 421 g/mol. The van der Waals surface area contributed by atoms with Crippen LogP contribution in [0.4, 0.5) is 4.39 Å². The van der Waals surface area contributed by atoms with Crippen LogP contribution >= 0.6 is 0 Å². The number of rotatable bonds is 6. The quantitative estimate of drug-likeness (QED) is 0.661. The van der Waals surface area contributed by atoms with Gasteiger partial charge in [-0.3, -0.25) is 9.59 Å². The molecule has 1 N–H and O–H groups in total. The summed E-state index contributed by atoms with van der Waals surface area (Å²) in [6.45, 7) is 1.12. The molecule has 1 aliphatic heterocycles. The first kappa shape index (κ1) is 20.8. The van der Waals surface area contributed by atoms with Crippen molar-refractivity contribution >= 4 is 11.8 Å². The molecule has 1 fully saturated rings. The van der Waals surface area contributed by atoms with Crippen molar-refractivity contribution in [3.05, 3.63) is 89.4 Å². The van der Waals surface area contributed by atoms with Crippen LogP contribution in [0.3, 0.4) is 0 Å². The summed E-state index contributed by atoms with van der Waals surface area (Å²) in [6, 6.07) is 15.1. The maximum absolute atomic E-state index is 13.1. The Labute approximate surface area is 180 Å². The lowest BCUT2D eigenvalue weighted by Gasteiger charge is -2.31. The first-order chi connectivity index (χ1) is 15.1. The number of piperidine rings is 1. The van der Waals surface area contributed by atoms with E-state index in [1.165, 1.54) is 12.1 Å². The van der Waals surface area contributed by atoms with Crippen molar-refractivity contribution in [1.82, 2.24) is 15.2 Å². The Morgan fingerprint density at radius 2 is 1.90 bits per heavy atom. The number of carbonyl (C=O) groups excluding carboxylic acids is 2. The third-order valence-electron chi connectivity index (χ3n) is 5.42. The van der Waals surface area contributed by atoms with Gasteiger partial charge in [0, 0.05) is 25.1 Å². The number of nitrogens with one attached hydrogen (secondary N) is 1.